The third kappa shape index (κ3) is 5.81. The number of ether oxygens (including phenoxy) is 1. The molecule has 0 bridgehead atoms. The second kappa shape index (κ2) is 11.4. The fraction of sp³-hybridized carbons (Fsp3) is 0.161. The number of hydrogen-bond acceptors (Lipinski definition) is 3. The molecule has 1 amide bonds. The van der Waals surface area contributed by atoms with Gasteiger partial charge in [0.15, 0.2) is 0 Å². The number of carboxylic acid groups (broad SMARTS) is 1. The van der Waals surface area contributed by atoms with Gasteiger partial charge in [-0.2, -0.15) is 0 Å². The summed E-state index contributed by atoms with van der Waals surface area (Å²) in [7, 11) is 0. The number of rotatable bonds is 10. The van der Waals surface area contributed by atoms with Crippen LogP contribution in [0.25, 0.3) is 0 Å². The molecule has 1 atom stereocenters. The molecule has 0 aromatic heterocycles. The lowest BCUT2D eigenvalue weighted by Gasteiger charge is -2.31. The van der Waals surface area contributed by atoms with Crippen LogP contribution in [0.1, 0.15) is 29.2 Å². The largest absolute Gasteiger partial charge is 0.489 e. The summed E-state index contributed by atoms with van der Waals surface area (Å²) in [6.07, 6.45) is 0.152. The second-order valence-electron chi connectivity index (χ2n) is 8.84. The third-order valence-electron chi connectivity index (χ3n) is 6.37. The van der Waals surface area contributed by atoms with Crippen LogP contribution in [-0.2, 0) is 28.0 Å². The normalized spacial score (nSPS) is 11.9. The van der Waals surface area contributed by atoms with E-state index in [2.05, 4.69) is 5.32 Å². The topological polar surface area (TPSA) is 75.6 Å². The van der Waals surface area contributed by atoms with Gasteiger partial charge >= 0.3 is 5.97 Å². The predicted molar refractivity (Wildman–Crippen MR) is 140 cm³/mol. The molecule has 0 aliphatic heterocycles. The number of benzene rings is 4. The van der Waals surface area contributed by atoms with E-state index in [0.717, 1.165) is 22.3 Å². The Kier molecular flexibility index (Phi) is 7.81. The highest BCUT2D eigenvalue weighted by Crippen LogP contribution is 2.32. The van der Waals surface area contributed by atoms with Crippen LogP contribution < -0.4 is 10.1 Å². The lowest BCUT2D eigenvalue weighted by molar-refractivity contribution is -0.142. The highest BCUT2D eigenvalue weighted by Gasteiger charge is 2.39. The molecule has 0 saturated carbocycles. The van der Waals surface area contributed by atoms with Crippen molar-refractivity contribution in [3.63, 3.8) is 0 Å². The molecular formula is C31H29NO4. The van der Waals surface area contributed by atoms with Crippen molar-refractivity contribution in [3.8, 4) is 5.75 Å². The molecule has 0 spiro atoms. The van der Waals surface area contributed by atoms with E-state index < -0.39 is 17.4 Å². The molecule has 2 N–H and O–H groups in total. The van der Waals surface area contributed by atoms with Gasteiger partial charge in [0.1, 0.15) is 18.4 Å². The first kappa shape index (κ1) is 24.7. The second-order valence-corrected chi connectivity index (χ2v) is 8.84. The molecule has 0 aliphatic rings. The van der Waals surface area contributed by atoms with Crippen molar-refractivity contribution in [1.82, 2.24) is 5.32 Å². The lowest BCUT2D eigenvalue weighted by Crippen LogP contribution is -2.50. The van der Waals surface area contributed by atoms with Crippen LogP contribution in [-0.4, -0.2) is 23.0 Å². The van der Waals surface area contributed by atoms with Crippen molar-refractivity contribution in [2.75, 3.05) is 0 Å². The lowest BCUT2D eigenvalue weighted by atomic mass is 9.75. The van der Waals surface area contributed by atoms with Crippen molar-refractivity contribution in [2.45, 2.75) is 31.4 Å². The fourth-order valence-electron chi connectivity index (χ4n) is 4.17. The summed E-state index contributed by atoms with van der Waals surface area (Å²) in [5.74, 6) is -0.759. The van der Waals surface area contributed by atoms with Crippen LogP contribution in [0.5, 0.6) is 5.75 Å². The van der Waals surface area contributed by atoms with Gasteiger partial charge in [0, 0.05) is 6.42 Å². The first-order valence-corrected chi connectivity index (χ1v) is 11.9. The Bertz CT molecular complexity index is 1230. The van der Waals surface area contributed by atoms with Crippen molar-refractivity contribution < 1.29 is 19.4 Å². The van der Waals surface area contributed by atoms with Crippen molar-refractivity contribution in [2.24, 2.45) is 0 Å². The predicted octanol–water partition coefficient (Wildman–Crippen LogP) is 5.38. The van der Waals surface area contributed by atoms with E-state index in [1.165, 1.54) is 0 Å². The van der Waals surface area contributed by atoms with E-state index in [0.29, 0.717) is 12.4 Å². The van der Waals surface area contributed by atoms with Crippen LogP contribution in [0.4, 0.5) is 0 Å². The molecule has 4 aromatic rings. The summed E-state index contributed by atoms with van der Waals surface area (Å²) < 4.78 is 5.82. The molecule has 0 fully saturated rings. The summed E-state index contributed by atoms with van der Waals surface area (Å²) in [5.41, 5.74) is 2.38. The summed E-state index contributed by atoms with van der Waals surface area (Å²) in [6, 6.07) is 34.9. The first-order valence-electron chi connectivity index (χ1n) is 11.9. The molecule has 182 valence electrons. The van der Waals surface area contributed by atoms with E-state index in [4.69, 9.17) is 4.74 Å². The van der Waals surface area contributed by atoms with Gasteiger partial charge in [-0.05, 0) is 41.3 Å². The summed E-state index contributed by atoms with van der Waals surface area (Å²) in [4.78, 5) is 25.8. The van der Waals surface area contributed by atoms with Crippen molar-refractivity contribution >= 4 is 11.9 Å². The Balaban J connectivity index is 1.48. The maximum atomic E-state index is 13.7. The molecular weight excluding hydrogens is 450 g/mol. The minimum absolute atomic E-state index is 0.152. The third-order valence-corrected chi connectivity index (χ3v) is 6.37. The van der Waals surface area contributed by atoms with Crippen LogP contribution in [0.2, 0.25) is 0 Å². The van der Waals surface area contributed by atoms with Gasteiger partial charge in [0.05, 0.1) is 5.41 Å². The van der Waals surface area contributed by atoms with Gasteiger partial charge in [-0.25, -0.2) is 4.79 Å². The molecule has 36 heavy (non-hydrogen) atoms. The van der Waals surface area contributed by atoms with Crippen LogP contribution in [0, 0.1) is 0 Å². The minimum Gasteiger partial charge on any atom is -0.489 e. The average molecular weight is 480 g/mol. The number of aliphatic carboxylic acids is 1. The molecule has 0 saturated heterocycles. The SMILES string of the molecule is CC(C(=O)N[C@@H](Cc1ccc(OCc2ccccc2)cc1)C(=O)O)(c1ccccc1)c1ccccc1. The highest BCUT2D eigenvalue weighted by atomic mass is 16.5. The Morgan fingerprint density at radius 3 is 1.75 bits per heavy atom. The Labute approximate surface area is 211 Å². The van der Waals surface area contributed by atoms with Gasteiger partial charge in [0.25, 0.3) is 0 Å². The molecule has 5 heteroatoms. The fourth-order valence-corrected chi connectivity index (χ4v) is 4.17. The molecule has 0 unspecified atom stereocenters. The Morgan fingerprint density at radius 2 is 1.25 bits per heavy atom. The average Bonchev–Trinajstić information content (AvgIpc) is 2.93. The van der Waals surface area contributed by atoms with Gasteiger partial charge in [-0.15, -0.1) is 0 Å². The van der Waals surface area contributed by atoms with Gasteiger partial charge < -0.3 is 15.2 Å². The van der Waals surface area contributed by atoms with E-state index in [1.54, 1.807) is 0 Å². The standard InChI is InChI=1S/C31H29NO4/c1-31(25-13-7-3-8-14-25,26-15-9-4-10-16-26)30(35)32-28(29(33)34)21-23-17-19-27(20-18-23)36-22-24-11-5-2-6-12-24/h2-20,28H,21-22H2,1H3,(H,32,35)(H,33,34)/t28-/m0/s1. The van der Waals surface area contributed by atoms with Gasteiger partial charge in [-0.3, -0.25) is 4.79 Å². The summed E-state index contributed by atoms with van der Waals surface area (Å²) >= 11 is 0. The van der Waals surface area contributed by atoms with Gasteiger partial charge in [-0.1, -0.05) is 103 Å². The maximum absolute atomic E-state index is 13.7. The molecule has 4 aromatic carbocycles. The van der Waals surface area contributed by atoms with E-state index >= 15 is 0 Å². The van der Waals surface area contributed by atoms with Crippen LogP contribution in [0.15, 0.2) is 115 Å². The molecule has 5 nitrogen and oxygen atoms in total. The first-order chi connectivity index (χ1) is 17.5. The number of carbonyl (C=O) groups excluding carboxylic acids is 1. The number of hydrogen-bond donors (Lipinski definition) is 2. The summed E-state index contributed by atoms with van der Waals surface area (Å²) in [5, 5.41) is 12.7. The quantitative estimate of drug-likeness (QED) is 0.320. The van der Waals surface area contributed by atoms with Gasteiger partial charge in [0.2, 0.25) is 5.91 Å². The number of nitrogens with one attached hydrogen (secondary N) is 1. The Hall–Kier alpha value is -4.38. The molecule has 0 aliphatic carbocycles. The number of carbonyl (C=O) groups is 2. The zero-order chi connectivity index (χ0) is 25.4. The minimum atomic E-state index is -1.09. The number of amides is 1. The van der Waals surface area contributed by atoms with Crippen molar-refractivity contribution in [3.05, 3.63) is 138 Å². The van der Waals surface area contributed by atoms with Crippen LogP contribution in [0.3, 0.4) is 0 Å². The monoisotopic (exact) mass is 479 g/mol. The van der Waals surface area contributed by atoms with Crippen molar-refractivity contribution in [1.29, 1.82) is 0 Å². The molecule has 0 radical (unpaired) electrons. The zero-order valence-electron chi connectivity index (χ0n) is 20.1. The molecule has 4 rings (SSSR count). The molecule has 0 heterocycles. The maximum Gasteiger partial charge on any atom is 0.326 e. The van der Waals surface area contributed by atoms with E-state index in [9.17, 15) is 14.7 Å². The smallest absolute Gasteiger partial charge is 0.326 e. The Morgan fingerprint density at radius 1 is 0.750 bits per heavy atom. The zero-order valence-corrected chi connectivity index (χ0v) is 20.1. The number of carboxylic acids is 1. The van der Waals surface area contributed by atoms with E-state index in [1.807, 2.05) is 122 Å². The van der Waals surface area contributed by atoms with E-state index in [-0.39, 0.29) is 12.3 Å². The highest BCUT2D eigenvalue weighted by molar-refractivity contribution is 5.94. The van der Waals surface area contributed by atoms with Crippen LogP contribution >= 0.6 is 0 Å². The summed E-state index contributed by atoms with van der Waals surface area (Å²) in [6.45, 7) is 2.27.